The number of hydrogen-bond donors (Lipinski definition) is 0. The van der Waals surface area contributed by atoms with Gasteiger partial charge in [0.1, 0.15) is 11.4 Å². The molecule has 166 valence electrons. The molecule has 1 amide bonds. The van der Waals surface area contributed by atoms with Gasteiger partial charge in [-0.15, -0.1) is 10.2 Å². The number of amides is 1. The highest BCUT2D eigenvalue weighted by Gasteiger charge is 2.24. The number of nitrogens with zero attached hydrogens (tertiary/aromatic N) is 4. The number of rotatable bonds is 7. The number of anilines is 1. The summed E-state index contributed by atoms with van der Waals surface area (Å²) >= 11 is 1.24. The number of carbonyl (C=O) groups excluding carboxylic acids is 2. The van der Waals surface area contributed by atoms with Crippen LogP contribution in [0.1, 0.15) is 30.1 Å². The largest absolute Gasteiger partial charge is 0.472 e. The Balaban J connectivity index is 1.35. The van der Waals surface area contributed by atoms with Gasteiger partial charge in [0.25, 0.3) is 0 Å². The maximum atomic E-state index is 13.0. The van der Waals surface area contributed by atoms with Crippen molar-refractivity contribution in [1.82, 2.24) is 15.2 Å². The molecule has 3 aromatic heterocycles. The Kier molecular flexibility index (Phi) is 5.78. The number of benzene rings is 1. The first kappa shape index (κ1) is 21.1. The zero-order valence-electron chi connectivity index (χ0n) is 17.8. The maximum absolute atomic E-state index is 13.0. The van der Waals surface area contributed by atoms with E-state index < -0.39 is 5.25 Å². The molecule has 5 rings (SSSR count). The van der Waals surface area contributed by atoms with Crippen LogP contribution in [0.3, 0.4) is 0 Å². The van der Waals surface area contributed by atoms with E-state index in [9.17, 15) is 9.59 Å². The van der Waals surface area contributed by atoms with Gasteiger partial charge >= 0.3 is 0 Å². The molecule has 0 unspecified atom stereocenters. The molecule has 9 heteroatoms. The van der Waals surface area contributed by atoms with Crippen LogP contribution in [0.15, 0.2) is 75.4 Å². The van der Waals surface area contributed by atoms with Crippen molar-refractivity contribution in [2.75, 3.05) is 11.4 Å². The normalized spacial score (nSPS) is 14.6. The van der Waals surface area contributed by atoms with Crippen LogP contribution in [0, 0.1) is 0 Å². The van der Waals surface area contributed by atoms with Gasteiger partial charge in [-0.05, 0) is 49.7 Å². The molecule has 0 N–H and O–H groups in total. The van der Waals surface area contributed by atoms with Crippen molar-refractivity contribution in [1.29, 1.82) is 0 Å². The number of thioether (sulfide) groups is 1. The summed E-state index contributed by atoms with van der Waals surface area (Å²) in [6.07, 6.45) is 7.72. The molecule has 1 saturated heterocycles. The predicted octanol–water partition coefficient (Wildman–Crippen LogP) is 4.88. The van der Waals surface area contributed by atoms with E-state index in [1.54, 1.807) is 54.2 Å². The Hall–Kier alpha value is -3.72. The molecule has 1 aliphatic rings. The molecule has 0 aliphatic carbocycles. The van der Waals surface area contributed by atoms with E-state index in [2.05, 4.69) is 15.2 Å². The lowest BCUT2D eigenvalue weighted by Crippen LogP contribution is -2.23. The third-order valence-corrected chi connectivity index (χ3v) is 6.40. The van der Waals surface area contributed by atoms with Crippen molar-refractivity contribution in [2.45, 2.75) is 30.2 Å². The van der Waals surface area contributed by atoms with Gasteiger partial charge in [0.05, 0.1) is 30.3 Å². The van der Waals surface area contributed by atoms with Gasteiger partial charge in [0, 0.05) is 35.3 Å². The fraction of sp³-hybridized carbons (Fsp3) is 0.208. The van der Waals surface area contributed by atoms with E-state index >= 15 is 0 Å². The van der Waals surface area contributed by atoms with Gasteiger partial charge in [-0.2, -0.15) is 0 Å². The van der Waals surface area contributed by atoms with Crippen LogP contribution in [0.25, 0.3) is 22.5 Å². The van der Waals surface area contributed by atoms with Crippen molar-refractivity contribution in [3.63, 3.8) is 0 Å². The number of ketones is 1. The van der Waals surface area contributed by atoms with Crippen molar-refractivity contribution >= 4 is 29.1 Å². The Morgan fingerprint density at radius 2 is 1.70 bits per heavy atom. The Morgan fingerprint density at radius 3 is 2.30 bits per heavy atom. The van der Waals surface area contributed by atoms with E-state index in [1.807, 2.05) is 19.1 Å². The lowest BCUT2D eigenvalue weighted by molar-refractivity contribution is -0.117. The molecule has 4 heterocycles. The number of aromatic nitrogens is 3. The highest BCUT2D eigenvalue weighted by atomic mass is 32.2. The molecule has 8 nitrogen and oxygen atoms in total. The first-order valence-electron chi connectivity index (χ1n) is 10.5. The summed E-state index contributed by atoms with van der Waals surface area (Å²) in [6.45, 7) is 2.53. The first-order chi connectivity index (χ1) is 16.1. The van der Waals surface area contributed by atoms with Crippen LogP contribution in [-0.4, -0.2) is 38.7 Å². The third kappa shape index (κ3) is 4.31. The Bertz CT molecular complexity index is 1270. The molecule has 33 heavy (non-hydrogen) atoms. The topological polar surface area (TPSA) is 102 Å². The van der Waals surface area contributed by atoms with Gasteiger partial charge in [0.15, 0.2) is 5.78 Å². The smallest absolute Gasteiger partial charge is 0.227 e. The second-order valence-corrected chi connectivity index (χ2v) is 8.94. The zero-order chi connectivity index (χ0) is 22.8. The van der Waals surface area contributed by atoms with Gasteiger partial charge < -0.3 is 13.7 Å². The third-order valence-electron chi connectivity index (χ3n) is 5.44. The van der Waals surface area contributed by atoms with Gasteiger partial charge in [-0.1, -0.05) is 11.8 Å². The minimum Gasteiger partial charge on any atom is -0.472 e. The minimum absolute atomic E-state index is 0.0494. The minimum atomic E-state index is -0.428. The quantitative estimate of drug-likeness (QED) is 0.284. The lowest BCUT2D eigenvalue weighted by atomic mass is 10.1. The zero-order valence-corrected chi connectivity index (χ0v) is 18.6. The van der Waals surface area contributed by atoms with Crippen molar-refractivity contribution in [3.05, 3.63) is 67.0 Å². The average Bonchev–Trinajstić information content (AvgIpc) is 3.61. The summed E-state index contributed by atoms with van der Waals surface area (Å²) in [7, 11) is 0. The molecule has 1 aromatic carbocycles. The van der Waals surface area contributed by atoms with Crippen molar-refractivity contribution in [3.8, 4) is 22.5 Å². The van der Waals surface area contributed by atoms with Crippen molar-refractivity contribution < 1.29 is 18.4 Å². The average molecular weight is 461 g/mol. The van der Waals surface area contributed by atoms with E-state index in [0.29, 0.717) is 28.5 Å². The molecular formula is C24H20N4O4S. The summed E-state index contributed by atoms with van der Waals surface area (Å²) in [4.78, 5) is 31.4. The number of furan rings is 2. The monoisotopic (exact) mass is 460 g/mol. The highest BCUT2D eigenvalue weighted by molar-refractivity contribution is 8.00. The van der Waals surface area contributed by atoms with E-state index in [0.717, 1.165) is 29.8 Å². The fourth-order valence-corrected chi connectivity index (χ4v) is 4.52. The van der Waals surface area contributed by atoms with Crippen LogP contribution in [-0.2, 0) is 4.79 Å². The Morgan fingerprint density at radius 1 is 1.00 bits per heavy atom. The van der Waals surface area contributed by atoms with E-state index in [1.165, 1.54) is 11.8 Å². The number of Topliss-reactive ketones (excluding diaryl/α,β-unsaturated/α-hetero) is 1. The molecule has 0 radical (unpaired) electrons. The number of carbonyl (C=O) groups is 2. The molecule has 1 atom stereocenters. The van der Waals surface area contributed by atoms with Crippen LogP contribution in [0.2, 0.25) is 0 Å². The lowest BCUT2D eigenvalue weighted by Gasteiger charge is -2.16. The molecule has 0 spiro atoms. The molecule has 0 bridgehead atoms. The number of hydrogen-bond acceptors (Lipinski definition) is 8. The summed E-state index contributed by atoms with van der Waals surface area (Å²) in [6, 6.07) is 10.7. The second kappa shape index (κ2) is 9.03. The van der Waals surface area contributed by atoms with Crippen LogP contribution in [0.5, 0.6) is 0 Å². The van der Waals surface area contributed by atoms with Crippen molar-refractivity contribution in [2.24, 2.45) is 0 Å². The predicted molar refractivity (Wildman–Crippen MR) is 123 cm³/mol. The van der Waals surface area contributed by atoms with Crippen LogP contribution in [0.4, 0.5) is 5.69 Å². The molecule has 4 aromatic rings. The Labute approximate surface area is 194 Å². The SMILES string of the molecule is C[C@@H](Sc1nnc(-c2ccoc2)c(-c2ccoc2)n1)C(=O)c1ccc(N2CCCC2=O)cc1. The highest BCUT2D eigenvalue weighted by Crippen LogP contribution is 2.32. The summed E-state index contributed by atoms with van der Waals surface area (Å²) < 4.78 is 10.4. The van der Waals surface area contributed by atoms with Gasteiger partial charge in [0.2, 0.25) is 11.1 Å². The van der Waals surface area contributed by atoms with Crippen LogP contribution >= 0.6 is 11.8 Å². The first-order valence-corrected chi connectivity index (χ1v) is 11.4. The molecule has 1 aliphatic heterocycles. The standard InChI is InChI=1S/C24H20N4O4S/c1-15(23(30)16-4-6-19(7-5-16)28-10-2-3-20(28)29)33-24-25-21(17-8-11-31-13-17)22(26-27-24)18-9-12-32-14-18/h4-9,11-15H,2-3,10H2,1H3/t15-/m1/s1. The summed E-state index contributed by atoms with van der Waals surface area (Å²) in [5, 5.41) is 8.53. The summed E-state index contributed by atoms with van der Waals surface area (Å²) in [5.41, 5.74) is 4.07. The molecule has 1 fully saturated rings. The molecular weight excluding hydrogens is 440 g/mol. The van der Waals surface area contributed by atoms with Gasteiger partial charge in [-0.3, -0.25) is 9.59 Å². The summed E-state index contributed by atoms with van der Waals surface area (Å²) in [5.74, 6) is 0.0709. The fourth-order valence-electron chi connectivity index (χ4n) is 3.73. The van der Waals surface area contributed by atoms with E-state index in [-0.39, 0.29) is 11.7 Å². The van der Waals surface area contributed by atoms with Gasteiger partial charge in [-0.25, -0.2) is 4.98 Å². The second-order valence-electron chi connectivity index (χ2n) is 7.64. The molecule has 0 saturated carbocycles. The van der Waals surface area contributed by atoms with E-state index in [4.69, 9.17) is 8.83 Å². The van der Waals surface area contributed by atoms with Crippen LogP contribution < -0.4 is 4.90 Å². The maximum Gasteiger partial charge on any atom is 0.227 e.